The van der Waals surface area contributed by atoms with Crippen LogP contribution >= 0.6 is 0 Å². The Labute approximate surface area is 126 Å². The molecule has 21 heavy (non-hydrogen) atoms. The van der Waals surface area contributed by atoms with Gasteiger partial charge in [-0.3, -0.25) is 0 Å². The molecule has 2 rings (SSSR count). The number of piperidine rings is 1. The average molecular weight is 291 g/mol. The zero-order valence-electron chi connectivity index (χ0n) is 13.1. The second-order valence-corrected chi connectivity index (χ2v) is 6.46. The minimum Gasteiger partial charge on any atom is -0.456 e. The number of ether oxygens (including phenoxy) is 1. The summed E-state index contributed by atoms with van der Waals surface area (Å²) in [6.45, 7) is 7.51. The topological polar surface area (TPSA) is 63.2 Å². The lowest BCUT2D eigenvalue weighted by Crippen LogP contribution is -2.39. The first-order valence-electron chi connectivity index (χ1n) is 7.61. The van der Waals surface area contributed by atoms with Gasteiger partial charge in [0.25, 0.3) is 0 Å². The van der Waals surface area contributed by atoms with E-state index >= 15 is 0 Å². The lowest BCUT2D eigenvalue weighted by atomic mass is 10.1. The van der Waals surface area contributed by atoms with E-state index in [1.807, 2.05) is 26.8 Å². The maximum atomic E-state index is 11.9. The van der Waals surface area contributed by atoms with Gasteiger partial charge in [0, 0.05) is 18.8 Å². The normalized spacial score (nSPS) is 19.1. The summed E-state index contributed by atoms with van der Waals surface area (Å²) in [5, 5.41) is 6.78. The zero-order valence-corrected chi connectivity index (χ0v) is 13.1. The second-order valence-electron chi connectivity index (χ2n) is 6.46. The molecule has 1 aromatic rings. The number of hydrogen-bond donors (Lipinski definition) is 2. The number of nitrogens with zero attached hydrogens (tertiary/aromatic N) is 1. The van der Waals surface area contributed by atoms with Crippen LogP contribution in [0.3, 0.4) is 0 Å². The van der Waals surface area contributed by atoms with Gasteiger partial charge in [-0.05, 0) is 52.3 Å². The molecule has 1 saturated heterocycles. The first-order chi connectivity index (χ1) is 9.94. The molecule has 2 N–H and O–H groups in total. The van der Waals surface area contributed by atoms with Gasteiger partial charge in [-0.15, -0.1) is 0 Å². The van der Waals surface area contributed by atoms with Crippen molar-refractivity contribution >= 4 is 11.8 Å². The number of pyridine rings is 1. The molecule has 5 nitrogen and oxygen atoms in total. The fourth-order valence-corrected chi connectivity index (χ4v) is 2.28. The van der Waals surface area contributed by atoms with Gasteiger partial charge in [0.2, 0.25) is 0 Å². The van der Waals surface area contributed by atoms with Crippen molar-refractivity contribution in [2.75, 3.05) is 18.4 Å². The largest absolute Gasteiger partial charge is 0.456 e. The molecule has 2 heterocycles. The van der Waals surface area contributed by atoms with E-state index in [0.29, 0.717) is 11.6 Å². The Morgan fingerprint density at radius 3 is 2.81 bits per heavy atom. The number of carbonyl (C=O) groups excluding carboxylic acids is 1. The van der Waals surface area contributed by atoms with Crippen LogP contribution < -0.4 is 10.6 Å². The molecule has 1 atom stereocenters. The van der Waals surface area contributed by atoms with Crippen molar-refractivity contribution in [1.29, 1.82) is 0 Å². The van der Waals surface area contributed by atoms with Crippen LogP contribution in [0.25, 0.3) is 0 Å². The fourth-order valence-electron chi connectivity index (χ4n) is 2.28. The highest BCUT2D eigenvalue weighted by Gasteiger charge is 2.18. The molecular weight excluding hydrogens is 266 g/mol. The number of anilines is 1. The zero-order chi connectivity index (χ0) is 15.3. The number of aromatic nitrogens is 1. The van der Waals surface area contributed by atoms with Crippen molar-refractivity contribution in [3.63, 3.8) is 0 Å². The van der Waals surface area contributed by atoms with Crippen molar-refractivity contribution < 1.29 is 9.53 Å². The highest BCUT2D eigenvalue weighted by Crippen LogP contribution is 2.13. The number of rotatable bonds is 4. The number of carbonyl (C=O) groups is 1. The van der Waals surface area contributed by atoms with E-state index in [0.717, 1.165) is 18.9 Å². The van der Waals surface area contributed by atoms with Gasteiger partial charge in [0.15, 0.2) is 0 Å². The summed E-state index contributed by atoms with van der Waals surface area (Å²) >= 11 is 0. The molecule has 116 valence electrons. The van der Waals surface area contributed by atoms with E-state index in [-0.39, 0.29) is 5.97 Å². The van der Waals surface area contributed by atoms with E-state index < -0.39 is 5.60 Å². The molecule has 1 aliphatic rings. The van der Waals surface area contributed by atoms with Gasteiger partial charge in [-0.2, -0.15) is 0 Å². The molecule has 5 heteroatoms. The van der Waals surface area contributed by atoms with Gasteiger partial charge in [-0.1, -0.05) is 6.42 Å². The Bertz CT molecular complexity index is 459. The highest BCUT2D eigenvalue weighted by atomic mass is 16.6. The summed E-state index contributed by atoms with van der Waals surface area (Å²) in [5.41, 5.74) is -0.00744. The predicted octanol–water partition coefficient (Wildman–Crippen LogP) is 2.59. The minimum absolute atomic E-state index is 0.338. The summed E-state index contributed by atoms with van der Waals surface area (Å²) in [7, 11) is 0. The average Bonchev–Trinajstić information content (AvgIpc) is 2.45. The number of hydrogen-bond acceptors (Lipinski definition) is 5. The molecule has 0 amide bonds. The SMILES string of the molecule is CC(C)(C)OC(=O)c1ccc(NC[C@@H]2CCCCN2)nc1. The monoisotopic (exact) mass is 291 g/mol. The van der Waals surface area contributed by atoms with Crippen LogP contribution in [0.5, 0.6) is 0 Å². The molecular formula is C16H25N3O2. The molecule has 0 bridgehead atoms. The van der Waals surface area contributed by atoms with E-state index in [9.17, 15) is 4.79 Å². The van der Waals surface area contributed by atoms with Gasteiger partial charge in [0.05, 0.1) is 5.56 Å². The smallest absolute Gasteiger partial charge is 0.340 e. The molecule has 1 fully saturated rings. The first kappa shape index (κ1) is 15.8. The fraction of sp³-hybridized carbons (Fsp3) is 0.625. The van der Waals surface area contributed by atoms with Crippen molar-refractivity contribution in [1.82, 2.24) is 10.3 Å². The summed E-state index contributed by atoms with van der Waals surface area (Å²) in [6.07, 6.45) is 5.30. The van der Waals surface area contributed by atoms with Crippen molar-refractivity contribution in [2.45, 2.75) is 51.7 Å². The molecule has 0 saturated carbocycles. The third-order valence-corrected chi connectivity index (χ3v) is 3.34. The molecule has 0 spiro atoms. The van der Waals surface area contributed by atoms with Crippen LogP contribution in [0.1, 0.15) is 50.4 Å². The third kappa shape index (κ3) is 5.34. The minimum atomic E-state index is -0.485. The van der Waals surface area contributed by atoms with E-state index in [2.05, 4.69) is 15.6 Å². The van der Waals surface area contributed by atoms with Crippen LogP contribution in [0, 0.1) is 0 Å². The van der Waals surface area contributed by atoms with Crippen LogP contribution in [-0.2, 0) is 4.74 Å². The Hall–Kier alpha value is -1.62. The number of esters is 1. The lowest BCUT2D eigenvalue weighted by molar-refractivity contribution is 0.00691. The maximum Gasteiger partial charge on any atom is 0.340 e. The van der Waals surface area contributed by atoms with Gasteiger partial charge in [-0.25, -0.2) is 9.78 Å². The molecule has 0 unspecified atom stereocenters. The van der Waals surface area contributed by atoms with E-state index in [1.165, 1.54) is 19.3 Å². The summed E-state index contributed by atoms with van der Waals surface area (Å²) in [6, 6.07) is 4.07. The lowest BCUT2D eigenvalue weighted by Gasteiger charge is -2.23. The van der Waals surface area contributed by atoms with Crippen LogP contribution in [0.4, 0.5) is 5.82 Å². The van der Waals surface area contributed by atoms with E-state index in [1.54, 1.807) is 12.3 Å². The van der Waals surface area contributed by atoms with Crippen molar-refractivity contribution in [3.05, 3.63) is 23.9 Å². The molecule has 0 radical (unpaired) electrons. The molecule has 0 aromatic carbocycles. The Morgan fingerprint density at radius 1 is 1.43 bits per heavy atom. The Morgan fingerprint density at radius 2 is 2.24 bits per heavy atom. The van der Waals surface area contributed by atoms with Crippen LogP contribution in [0.15, 0.2) is 18.3 Å². The molecule has 0 aliphatic carbocycles. The van der Waals surface area contributed by atoms with E-state index in [4.69, 9.17) is 4.74 Å². The summed E-state index contributed by atoms with van der Waals surface area (Å²) < 4.78 is 5.31. The summed E-state index contributed by atoms with van der Waals surface area (Å²) in [4.78, 5) is 16.2. The molecule has 1 aliphatic heterocycles. The second kappa shape index (κ2) is 6.89. The van der Waals surface area contributed by atoms with Gasteiger partial charge in [0.1, 0.15) is 11.4 Å². The molecule has 1 aromatic heterocycles. The van der Waals surface area contributed by atoms with Crippen molar-refractivity contribution in [3.8, 4) is 0 Å². The first-order valence-corrected chi connectivity index (χ1v) is 7.61. The highest BCUT2D eigenvalue weighted by molar-refractivity contribution is 5.89. The van der Waals surface area contributed by atoms with Gasteiger partial charge < -0.3 is 15.4 Å². The Kier molecular flexibility index (Phi) is 5.17. The quantitative estimate of drug-likeness (QED) is 0.835. The van der Waals surface area contributed by atoms with Crippen molar-refractivity contribution in [2.24, 2.45) is 0 Å². The third-order valence-electron chi connectivity index (χ3n) is 3.34. The Balaban J connectivity index is 1.85. The van der Waals surface area contributed by atoms with Crippen LogP contribution in [0.2, 0.25) is 0 Å². The number of nitrogens with one attached hydrogen (secondary N) is 2. The maximum absolute atomic E-state index is 11.9. The van der Waals surface area contributed by atoms with Gasteiger partial charge >= 0.3 is 5.97 Å². The standard InChI is InChI=1S/C16H25N3O2/c1-16(2,3)21-15(20)12-7-8-14(18-10-12)19-11-13-6-4-5-9-17-13/h7-8,10,13,17H,4-6,9,11H2,1-3H3,(H,18,19)/t13-/m0/s1. The van der Waals surface area contributed by atoms with Crippen LogP contribution in [-0.4, -0.2) is 35.7 Å². The predicted molar refractivity (Wildman–Crippen MR) is 83.5 cm³/mol. The summed E-state index contributed by atoms with van der Waals surface area (Å²) in [5.74, 6) is 0.449.